The first-order chi connectivity index (χ1) is 14.3. The summed E-state index contributed by atoms with van der Waals surface area (Å²) in [5.74, 6) is -1.72. The SMILES string of the molecule is C=CN=C/C=C(\C)c1noc(-c2ccc3c(c2)C(=O)CC2(CCC(F)(F)CC2)O3)n1. The molecule has 1 fully saturated rings. The second kappa shape index (κ2) is 7.59. The standard InChI is InChI=1S/C22H21F2N3O3/c1-3-25-11-6-14(2)19-26-20(30-27-19)15-4-5-18-16(12-15)17(28)13-21(29-18)7-9-22(23,24)10-8-21/h3-6,11-12H,1,7-10,13H2,2H3/b14-6+,25-11?. The van der Waals surface area contributed by atoms with Gasteiger partial charge in [0.1, 0.15) is 11.4 Å². The number of carbonyl (C=O) groups excluding carboxylic acids is 1. The fourth-order valence-corrected chi connectivity index (χ4v) is 3.77. The average Bonchev–Trinajstić information content (AvgIpc) is 3.21. The summed E-state index contributed by atoms with van der Waals surface area (Å²) >= 11 is 0. The molecular weight excluding hydrogens is 392 g/mol. The maximum absolute atomic E-state index is 13.5. The van der Waals surface area contributed by atoms with Crippen molar-refractivity contribution in [3.05, 3.63) is 48.4 Å². The van der Waals surface area contributed by atoms with E-state index in [1.807, 2.05) is 6.92 Å². The van der Waals surface area contributed by atoms with Gasteiger partial charge in [-0.25, -0.2) is 8.78 Å². The number of benzene rings is 1. The van der Waals surface area contributed by atoms with Gasteiger partial charge in [-0.1, -0.05) is 11.7 Å². The summed E-state index contributed by atoms with van der Waals surface area (Å²) in [5.41, 5.74) is 0.910. The second-order valence-corrected chi connectivity index (χ2v) is 7.71. The first-order valence-corrected chi connectivity index (χ1v) is 9.70. The summed E-state index contributed by atoms with van der Waals surface area (Å²) in [6.07, 6.45) is 4.63. The van der Waals surface area contributed by atoms with Gasteiger partial charge in [0.15, 0.2) is 11.6 Å². The number of ether oxygens (including phenoxy) is 1. The van der Waals surface area contributed by atoms with Crippen LogP contribution in [0.2, 0.25) is 0 Å². The molecule has 30 heavy (non-hydrogen) atoms. The molecule has 4 rings (SSSR count). The van der Waals surface area contributed by atoms with Gasteiger partial charge in [0, 0.05) is 30.8 Å². The molecule has 1 aromatic carbocycles. The van der Waals surface area contributed by atoms with Gasteiger partial charge in [0.2, 0.25) is 5.92 Å². The van der Waals surface area contributed by atoms with E-state index < -0.39 is 11.5 Å². The van der Waals surface area contributed by atoms with E-state index in [9.17, 15) is 13.6 Å². The van der Waals surface area contributed by atoms with Crippen LogP contribution in [0.15, 0.2) is 46.6 Å². The lowest BCUT2D eigenvalue weighted by Gasteiger charge is -2.42. The quantitative estimate of drug-likeness (QED) is 0.639. The van der Waals surface area contributed by atoms with Crippen LogP contribution >= 0.6 is 0 Å². The lowest BCUT2D eigenvalue weighted by Crippen LogP contribution is -2.47. The van der Waals surface area contributed by atoms with Crippen LogP contribution in [0.5, 0.6) is 5.75 Å². The van der Waals surface area contributed by atoms with E-state index in [2.05, 4.69) is 21.7 Å². The number of nitrogens with zero attached hydrogens (tertiary/aromatic N) is 3. The molecule has 1 aliphatic carbocycles. The average molecular weight is 413 g/mol. The molecule has 8 heteroatoms. The predicted molar refractivity (Wildman–Crippen MR) is 108 cm³/mol. The topological polar surface area (TPSA) is 77.6 Å². The van der Waals surface area contributed by atoms with Crippen molar-refractivity contribution in [2.75, 3.05) is 0 Å². The van der Waals surface area contributed by atoms with Crippen LogP contribution in [0.3, 0.4) is 0 Å². The van der Waals surface area contributed by atoms with Gasteiger partial charge < -0.3 is 9.26 Å². The number of Topliss-reactive ketones (excluding diaryl/α,β-unsaturated/α-hetero) is 1. The Bertz CT molecular complexity index is 1050. The highest BCUT2D eigenvalue weighted by Gasteiger charge is 2.48. The molecule has 2 aromatic rings. The highest BCUT2D eigenvalue weighted by atomic mass is 19.3. The number of allylic oxidation sites excluding steroid dienone is 2. The van der Waals surface area contributed by atoms with E-state index in [0.29, 0.717) is 22.7 Å². The van der Waals surface area contributed by atoms with E-state index in [1.165, 1.54) is 6.20 Å². The summed E-state index contributed by atoms with van der Waals surface area (Å²) in [4.78, 5) is 21.0. The Morgan fingerprint density at radius 2 is 2.03 bits per heavy atom. The van der Waals surface area contributed by atoms with Gasteiger partial charge in [-0.3, -0.25) is 9.79 Å². The number of hydrogen-bond donors (Lipinski definition) is 0. The van der Waals surface area contributed by atoms with Crippen LogP contribution in [-0.4, -0.2) is 33.7 Å². The zero-order valence-electron chi connectivity index (χ0n) is 16.5. The van der Waals surface area contributed by atoms with Crippen LogP contribution in [0.25, 0.3) is 17.0 Å². The summed E-state index contributed by atoms with van der Waals surface area (Å²) in [5, 5.41) is 3.96. The molecule has 0 atom stereocenters. The van der Waals surface area contributed by atoms with Crippen molar-refractivity contribution in [1.82, 2.24) is 10.1 Å². The molecule has 1 aliphatic heterocycles. The largest absolute Gasteiger partial charge is 0.486 e. The first kappa shape index (κ1) is 20.1. The molecule has 0 bridgehead atoms. The molecule has 156 valence electrons. The molecule has 6 nitrogen and oxygen atoms in total. The minimum atomic E-state index is -2.68. The van der Waals surface area contributed by atoms with Crippen molar-refractivity contribution in [2.45, 2.75) is 50.6 Å². The van der Waals surface area contributed by atoms with Crippen molar-refractivity contribution in [3.63, 3.8) is 0 Å². The molecule has 1 spiro atoms. The fourth-order valence-electron chi connectivity index (χ4n) is 3.77. The van der Waals surface area contributed by atoms with Crippen LogP contribution in [0.1, 0.15) is 55.2 Å². The second-order valence-electron chi connectivity index (χ2n) is 7.71. The zero-order chi connectivity index (χ0) is 21.4. The Balaban J connectivity index is 1.57. The number of fused-ring (bicyclic) bond motifs is 1. The van der Waals surface area contributed by atoms with E-state index in [1.54, 1.807) is 30.5 Å². The van der Waals surface area contributed by atoms with Gasteiger partial charge in [0.25, 0.3) is 5.89 Å². The number of carbonyl (C=O) groups is 1. The van der Waals surface area contributed by atoms with Gasteiger partial charge in [-0.2, -0.15) is 4.98 Å². The Morgan fingerprint density at radius 1 is 1.27 bits per heavy atom. The van der Waals surface area contributed by atoms with Crippen molar-refractivity contribution >= 4 is 17.6 Å². The van der Waals surface area contributed by atoms with Crippen LogP contribution in [0, 0.1) is 0 Å². The maximum atomic E-state index is 13.5. The Labute approximate surface area is 172 Å². The maximum Gasteiger partial charge on any atom is 0.258 e. The van der Waals surface area contributed by atoms with Crippen LogP contribution in [0.4, 0.5) is 8.78 Å². The highest BCUT2D eigenvalue weighted by molar-refractivity contribution is 6.01. The number of rotatable bonds is 4. The number of hydrogen-bond acceptors (Lipinski definition) is 6. The molecule has 0 radical (unpaired) electrons. The number of aromatic nitrogens is 2. The molecule has 0 amide bonds. The zero-order valence-corrected chi connectivity index (χ0v) is 16.5. The van der Waals surface area contributed by atoms with Crippen LogP contribution < -0.4 is 4.74 Å². The molecule has 2 aliphatic rings. The molecule has 0 N–H and O–H groups in total. The molecule has 2 heterocycles. The summed E-state index contributed by atoms with van der Waals surface area (Å²) in [7, 11) is 0. The van der Waals surface area contributed by atoms with E-state index >= 15 is 0 Å². The molecule has 1 saturated carbocycles. The normalized spacial score (nSPS) is 20.2. The number of ketones is 1. The van der Waals surface area contributed by atoms with Gasteiger partial charge in [0.05, 0.1) is 12.0 Å². The Kier molecular flexibility index (Phi) is 5.09. The van der Waals surface area contributed by atoms with E-state index in [4.69, 9.17) is 9.26 Å². The minimum Gasteiger partial charge on any atom is -0.486 e. The number of alkyl halides is 2. The molecule has 0 saturated heterocycles. The Hall–Kier alpha value is -3.16. The third-order valence-electron chi connectivity index (χ3n) is 5.52. The van der Waals surface area contributed by atoms with Gasteiger partial charge in [-0.05, 0) is 49.6 Å². The number of halogens is 2. The van der Waals surface area contributed by atoms with Crippen LogP contribution in [-0.2, 0) is 0 Å². The Morgan fingerprint density at radius 3 is 2.77 bits per heavy atom. The molecular formula is C22H21F2N3O3. The number of aliphatic imine (C=N–C) groups is 1. The third kappa shape index (κ3) is 3.94. The van der Waals surface area contributed by atoms with Crippen molar-refractivity contribution < 1.29 is 22.8 Å². The van der Waals surface area contributed by atoms with Crippen molar-refractivity contribution in [2.24, 2.45) is 4.99 Å². The fraction of sp³-hybridized carbons (Fsp3) is 0.364. The highest BCUT2D eigenvalue weighted by Crippen LogP contribution is 2.46. The van der Waals surface area contributed by atoms with E-state index in [-0.39, 0.29) is 43.8 Å². The first-order valence-electron chi connectivity index (χ1n) is 9.70. The predicted octanol–water partition coefficient (Wildman–Crippen LogP) is 5.27. The van der Waals surface area contributed by atoms with Crippen molar-refractivity contribution in [1.29, 1.82) is 0 Å². The third-order valence-corrected chi connectivity index (χ3v) is 5.52. The van der Waals surface area contributed by atoms with Crippen molar-refractivity contribution in [3.8, 4) is 17.2 Å². The summed E-state index contributed by atoms with van der Waals surface area (Å²) in [6.45, 7) is 5.32. The summed E-state index contributed by atoms with van der Waals surface area (Å²) < 4.78 is 38.5. The summed E-state index contributed by atoms with van der Waals surface area (Å²) in [6, 6.07) is 5.04. The lowest BCUT2D eigenvalue weighted by molar-refractivity contribution is -0.0946. The van der Waals surface area contributed by atoms with E-state index in [0.717, 1.165) is 5.57 Å². The molecule has 1 aromatic heterocycles. The minimum absolute atomic E-state index is 0.0963. The van der Waals surface area contributed by atoms with Gasteiger partial charge in [-0.15, -0.1) is 0 Å². The monoisotopic (exact) mass is 413 g/mol. The lowest BCUT2D eigenvalue weighted by atomic mass is 9.77. The smallest absolute Gasteiger partial charge is 0.258 e. The molecule has 0 unspecified atom stereocenters. The van der Waals surface area contributed by atoms with Gasteiger partial charge >= 0.3 is 0 Å².